The number of hydrogen-bond acceptors (Lipinski definition) is 4. The van der Waals surface area contributed by atoms with Crippen LogP contribution < -0.4 is 14.2 Å². The molecule has 0 aliphatic rings. The first-order valence-electron chi connectivity index (χ1n) is 5.85. The highest BCUT2D eigenvalue weighted by Gasteiger charge is 2.20. The summed E-state index contributed by atoms with van der Waals surface area (Å²) < 4.78 is 16.7. The molecule has 4 nitrogen and oxygen atoms in total. The Kier molecular flexibility index (Phi) is 4.84. The van der Waals surface area contributed by atoms with Gasteiger partial charge >= 0.3 is 5.97 Å². The first kappa shape index (κ1) is 14.6. The van der Waals surface area contributed by atoms with Crippen LogP contribution in [0.5, 0.6) is 17.2 Å². The molecule has 20 heavy (non-hydrogen) atoms. The SMILES string of the molecule is COc1cccc(OC)c1C(=O)Oc1ccccc1I. The summed E-state index contributed by atoms with van der Waals surface area (Å²) in [5.74, 6) is 0.829. The number of hydrogen-bond donors (Lipinski definition) is 0. The van der Waals surface area contributed by atoms with Gasteiger partial charge in [0.15, 0.2) is 0 Å². The zero-order chi connectivity index (χ0) is 14.5. The molecule has 0 saturated heterocycles. The molecule has 0 unspecified atom stereocenters. The summed E-state index contributed by atoms with van der Waals surface area (Å²) in [5, 5.41) is 0. The van der Waals surface area contributed by atoms with Crippen molar-refractivity contribution in [3.63, 3.8) is 0 Å². The summed E-state index contributed by atoms with van der Waals surface area (Å²) in [4.78, 5) is 12.3. The Hall–Kier alpha value is -1.76. The molecule has 0 spiro atoms. The lowest BCUT2D eigenvalue weighted by atomic mass is 10.2. The number of benzene rings is 2. The van der Waals surface area contributed by atoms with Crippen molar-refractivity contribution in [3.8, 4) is 17.2 Å². The van der Waals surface area contributed by atoms with Crippen molar-refractivity contribution in [2.75, 3.05) is 14.2 Å². The fraction of sp³-hybridized carbons (Fsp3) is 0.133. The third kappa shape index (κ3) is 3.04. The van der Waals surface area contributed by atoms with E-state index in [1.807, 2.05) is 18.2 Å². The Morgan fingerprint density at radius 3 is 2.00 bits per heavy atom. The van der Waals surface area contributed by atoms with E-state index in [0.29, 0.717) is 17.2 Å². The first-order valence-corrected chi connectivity index (χ1v) is 6.93. The maximum Gasteiger partial charge on any atom is 0.351 e. The maximum absolute atomic E-state index is 12.3. The van der Waals surface area contributed by atoms with Gasteiger partial charge < -0.3 is 14.2 Å². The minimum atomic E-state index is -0.511. The lowest BCUT2D eigenvalue weighted by Crippen LogP contribution is -2.12. The second kappa shape index (κ2) is 6.60. The van der Waals surface area contributed by atoms with Crippen molar-refractivity contribution in [1.82, 2.24) is 0 Å². The van der Waals surface area contributed by atoms with Gasteiger partial charge in [0.05, 0.1) is 17.8 Å². The molecule has 0 bridgehead atoms. The van der Waals surface area contributed by atoms with Gasteiger partial charge in [-0.1, -0.05) is 18.2 Å². The largest absolute Gasteiger partial charge is 0.496 e. The predicted molar refractivity (Wildman–Crippen MR) is 83.7 cm³/mol. The van der Waals surface area contributed by atoms with Crippen LogP contribution in [0.1, 0.15) is 10.4 Å². The van der Waals surface area contributed by atoms with Crippen LogP contribution in [0.25, 0.3) is 0 Å². The standard InChI is InChI=1S/C15H13IO4/c1-18-12-8-5-9-13(19-2)14(12)15(17)20-11-7-4-3-6-10(11)16/h3-9H,1-2H3. The Morgan fingerprint density at radius 1 is 0.900 bits per heavy atom. The molecule has 104 valence electrons. The molecule has 2 aromatic carbocycles. The second-order valence-electron chi connectivity index (χ2n) is 3.86. The minimum absolute atomic E-state index is 0.275. The Bertz CT molecular complexity index is 603. The molecule has 2 aromatic rings. The van der Waals surface area contributed by atoms with Crippen molar-refractivity contribution in [1.29, 1.82) is 0 Å². The van der Waals surface area contributed by atoms with Crippen molar-refractivity contribution in [2.45, 2.75) is 0 Å². The molecule has 0 fully saturated rings. The summed E-state index contributed by atoms with van der Waals surface area (Å²) in [6, 6.07) is 12.4. The van der Waals surface area contributed by atoms with Crippen molar-refractivity contribution in [2.24, 2.45) is 0 Å². The van der Waals surface area contributed by atoms with E-state index >= 15 is 0 Å². The van der Waals surface area contributed by atoms with E-state index in [1.54, 1.807) is 24.3 Å². The van der Waals surface area contributed by atoms with Gasteiger partial charge in [0, 0.05) is 0 Å². The Balaban J connectivity index is 2.36. The average Bonchev–Trinajstić information content (AvgIpc) is 2.48. The summed E-state index contributed by atoms with van der Waals surface area (Å²) >= 11 is 2.11. The van der Waals surface area contributed by atoms with Gasteiger partial charge in [-0.05, 0) is 46.9 Å². The number of carbonyl (C=O) groups is 1. The van der Waals surface area contributed by atoms with Crippen LogP contribution >= 0.6 is 22.6 Å². The zero-order valence-electron chi connectivity index (χ0n) is 11.1. The summed E-state index contributed by atoms with van der Waals surface area (Å²) in [7, 11) is 3.00. The molecular formula is C15H13IO4. The fourth-order valence-electron chi connectivity index (χ4n) is 1.73. The Morgan fingerprint density at radius 2 is 1.45 bits per heavy atom. The molecular weight excluding hydrogens is 371 g/mol. The van der Waals surface area contributed by atoms with Gasteiger partial charge in [-0.2, -0.15) is 0 Å². The fourth-order valence-corrected chi connectivity index (χ4v) is 2.23. The number of esters is 1. The van der Waals surface area contributed by atoms with Crippen LogP contribution in [0.15, 0.2) is 42.5 Å². The number of carbonyl (C=O) groups excluding carboxylic acids is 1. The smallest absolute Gasteiger partial charge is 0.351 e. The third-order valence-electron chi connectivity index (χ3n) is 2.67. The highest BCUT2D eigenvalue weighted by atomic mass is 127. The molecule has 0 aliphatic heterocycles. The van der Waals surface area contributed by atoms with Gasteiger partial charge in [0.1, 0.15) is 22.8 Å². The predicted octanol–water partition coefficient (Wildman–Crippen LogP) is 3.53. The van der Waals surface area contributed by atoms with Crippen LogP contribution in [-0.2, 0) is 0 Å². The molecule has 0 saturated carbocycles. The molecule has 0 aliphatic carbocycles. The molecule has 5 heteroatoms. The minimum Gasteiger partial charge on any atom is -0.496 e. The van der Waals surface area contributed by atoms with E-state index < -0.39 is 5.97 Å². The van der Waals surface area contributed by atoms with E-state index in [4.69, 9.17) is 14.2 Å². The second-order valence-corrected chi connectivity index (χ2v) is 5.02. The van der Waals surface area contributed by atoms with E-state index in [1.165, 1.54) is 14.2 Å². The van der Waals surface area contributed by atoms with Crippen LogP contribution in [-0.4, -0.2) is 20.2 Å². The van der Waals surface area contributed by atoms with E-state index in [9.17, 15) is 4.79 Å². The molecule has 0 heterocycles. The van der Waals surface area contributed by atoms with Crippen LogP contribution in [0.4, 0.5) is 0 Å². The van der Waals surface area contributed by atoms with Crippen LogP contribution in [0, 0.1) is 3.57 Å². The topological polar surface area (TPSA) is 44.8 Å². The lowest BCUT2D eigenvalue weighted by Gasteiger charge is -2.12. The molecule has 0 aromatic heterocycles. The van der Waals surface area contributed by atoms with E-state index in [-0.39, 0.29) is 5.56 Å². The average molecular weight is 384 g/mol. The first-order chi connectivity index (χ1) is 9.67. The normalized spacial score (nSPS) is 9.95. The highest BCUT2D eigenvalue weighted by Crippen LogP contribution is 2.30. The molecule has 0 radical (unpaired) electrons. The zero-order valence-corrected chi connectivity index (χ0v) is 13.2. The van der Waals surface area contributed by atoms with Crippen LogP contribution in [0.3, 0.4) is 0 Å². The molecule has 0 N–H and O–H groups in total. The molecule has 0 amide bonds. The van der Waals surface area contributed by atoms with Gasteiger partial charge in [-0.15, -0.1) is 0 Å². The monoisotopic (exact) mass is 384 g/mol. The van der Waals surface area contributed by atoms with Crippen LogP contribution in [0.2, 0.25) is 0 Å². The van der Waals surface area contributed by atoms with E-state index in [2.05, 4.69) is 22.6 Å². The van der Waals surface area contributed by atoms with E-state index in [0.717, 1.165) is 3.57 Å². The van der Waals surface area contributed by atoms with Gasteiger partial charge in [0.25, 0.3) is 0 Å². The van der Waals surface area contributed by atoms with Crippen molar-refractivity contribution in [3.05, 3.63) is 51.6 Å². The molecule has 0 atom stereocenters. The Labute approximate surface area is 130 Å². The summed E-state index contributed by atoms with van der Waals surface area (Å²) in [6.07, 6.45) is 0. The number of ether oxygens (including phenoxy) is 3. The van der Waals surface area contributed by atoms with Gasteiger partial charge in [0.2, 0.25) is 0 Å². The lowest BCUT2D eigenvalue weighted by molar-refractivity contribution is 0.0726. The quantitative estimate of drug-likeness (QED) is 0.460. The third-order valence-corrected chi connectivity index (χ3v) is 3.56. The number of methoxy groups -OCH3 is 2. The van der Waals surface area contributed by atoms with Crippen molar-refractivity contribution >= 4 is 28.6 Å². The number of rotatable bonds is 4. The highest BCUT2D eigenvalue weighted by molar-refractivity contribution is 14.1. The van der Waals surface area contributed by atoms with Gasteiger partial charge in [-0.25, -0.2) is 4.79 Å². The maximum atomic E-state index is 12.3. The number of para-hydroxylation sites is 1. The molecule has 2 rings (SSSR count). The number of halogens is 1. The summed E-state index contributed by atoms with van der Waals surface area (Å²) in [5.41, 5.74) is 0.275. The van der Waals surface area contributed by atoms with Crippen molar-refractivity contribution < 1.29 is 19.0 Å². The van der Waals surface area contributed by atoms with Gasteiger partial charge in [-0.3, -0.25) is 0 Å². The summed E-state index contributed by atoms with van der Waals surface area (Å²) in [6.45, 7) is 0.